The van der Waals surface area contributed by atoms with E-state index >= 15 is 0 Å². The van der Waals surface area contributed by atoms with Crippen molar-refractivity contribution in [2.45, 2.75) is 32.2 Å². The van der Waals surface area contributed by atoms with Gasteiger partial charge < -0.3 is 14.6 Å². The summed E-state index contributed by atoms with van der Waals surface area (Å²) in [4.78, 5) is 47.6. The second-order valence-corrected chi connectivity index (χ2v) is 5.74. The van der Waals surface area contributed by atoms with Crippen molar-refractivity contribution < 1.29 is 14.3 Å². The Balaban J connectivity index is 3.03. The van der Waals surface area contributed by atoms with E-state index in [1.54, 1.807) is 6.92 Å². The number of ether oxygens (including phenoxy) is 1. The summed E-state index contributed by atoms with van der Waals surface area (Å²) < 4.78 is 6.92. The van der Waals surface area contributed by atoms with Crippen LogP contribution in [-0.2, 0) is 28.4 Å². The highest BCUT2D eigenvalue weighted by Crippen LogP contribution is 2.14. The summed E-state index contributed by atoms with van der Waals surface area (Å²) in [5.41, 5.74) is -1.92. The zero-order chi connectivity index (χ0) is 18.5. The Bertz CT molecular complexity index is 775. The number of hydrogen-bond donors (Lipinski definition) is 1. The maximum Gasteiger partial charge on any atom is 0.331 e. The summed E-state index contributed by atoms with van der Waals surface area (Å²) in [6, 6.07) is 0. The molecule has 0 saturated carbocycles. The van der Waals surface area contributed by atoms with Crippen LogP contribution >= 0.6 is 0 Å². The number of rotatable bonds is 6. The second kappa shape index (κ2) is 7.76. The van der Waals surface area contributed by atoms with Crippen LogP contribution in [0.5, 0.6) is 0 Å². The third kappa shape index (κ3) is 4.21. The molecule has 0 saturated heterocycles. The van der Waals surface area contributed by atoms with Crippen LogP contribution in [0.1, 0.15) is 32.3 Å². The van der Waals surface area contributed by atoms with E-state index in [-0.39, 0.29) is 5.56 Å². The lowest BCUT2D eigenvalue weighted by Crippen LogP contribution is -2.52. The van der Waals surface area contributed by atoms with Gasteiger partial charge in [0.1, 0.15) is 5.54 Å². The average Bonchev–Trinajstić information content (AvgIpc) is 2.54. The summed E-state index contributed by atoms with van der Waals surface area (Å²) in [5.74, 6) is -1.07. The topological polar surface area (TPSA) is 99.4 Å². The van der Waals surface area contributed by atoms with E-state index in [0.717, 1.165) is 10.6 Å². The Morgan fingerprint density at radius 2 is 1.96 bits per heavy atom. The van der Waals surface area contributed by atoms with Crippen molar-refractivity contribution in [3.8, 4) is 0 Å². The molecule has 0 radical (unpaired) electrons. The third-order valence-electron chi connectivity index (χ3n) is 3.67. The number of nitrogens with one attached hydrogen (secondary N) is 1. The van der Waals surface area contributed by atoms with Gasteiger partial charge in [-0.2, -0.15) is 0 Å². The number of esters is 1. The molecule has 1 aromatic rings. The first-order chi connectivity index (χ1) is 11.2. The van der Waals surface area contributed by atoms with Crippen molar-refractivity contribution in [3.05, 3.63) is 38.7 Å². The van der Waals surface area contributed by atoms with E-state index in [0.29, 0.717) is 12.8 Å². The molecule has 0 aliphatic rings. The Morgan fingerprint density at radius 3 is 2.50 bits per heavy atom. The smallest absolute Gasteiger partial charge is 0.331 e. The third-order valence-corrected chi connectivity index (χ3v) is 3.67. The lowest BCUT2D eigenvalue weighted by atomic mass is 9.96. The zero-order valence-corrected chi connectivity index (χ0v) is 14.6. The van der Waals surface area contributed by atoms with Gasteiger partial charge >= 0.3 is 11.7 Å². The van der Waals surface area contributed by atoms with E-state index in [1.165, 1.54) is 38.0 Å². The molecule has 1 N–H and O–H groups in total. The van der Waals surface area contributed by atoms with Gasteiger partial charge in [-0.3, -0.25) is 14.2 Å². The zero-order valence-electron chi connectivity index (χ0n) is 14.6. The number of carbonyl (C=O) groups excluding carboxylic acids is 2. The molecule has 0 bridgehead atoms. The highest BCUT2D eigenvalue weighted by molar-refractivity contribution is 5.95. The van der Waals surface area contributed by atoms with E-state index in [4.69, 9.17) is 4.74 Å². The second-order valence-electron chi connectivity index (χ2n) is 5.74. The minimum atomic E-state index is -1.14. The highest BCUT2D eigenvalue weighted by Gasteiger charge is 2.34. The molecule has 0 aliphatic heterocycles. The molecule has 0 aromatic carbocycles. The van der Waals surface area contributed by atoms with Crippen molar-refractivity contribution in [1.29, 1.82) is 0 Å². The first-order valence-corrected chi connectivity index (χ1v) is 7.51. The van der Waals surface area contributed by atoms with E-state index in [1.807, 2.05) is 6.92 Å². The first-order valence-electron chi connectivity index (χ1n) is 7.51. The number of methoxy groups -OCH3 is 1. The predicted octanol–water partition coefficient (Wildman–Crippen LogP) is -0.0548. The molecule has 0 fully saturated rings. The molecular weight excluding hydrogens is 314 g/mol. The fourth-order valence-electron chi connectivity index (χ4n) is 2.37. The van der Waals surface area contributed by atoms with Crippen LogP contribution < -0.4 is 16.6 Å². The largest absolute Gasteiger partial charge is 0.467 e. The molecule has 1 amide bonds. The molecule has 0 spiro atoms. The van der Waals surface area contributed by atoms with Crippen LogP contribution in [0.3, 0.4) is 0 Å². The lowest BCUT2D eigenvalue weighted by molar-refractivity contribution is -0.150. The van der Waals surface area contributed by atoms with Crippen LogP contribution in [0, 0.1) is 0 Å². The Labute approximate surface area is 139 Å². The Kier molecular flexibility index (Phi) is 6.27. The Morgan fingerprint density at radius 1 is 1.33 bits per heavy atom. The number of nitrogens with zero attached hydrogens (tertiary/aromatic N) is 2. The van der Waals surface area contributed by atoms with Gasteiger partial charge in [-0.25, -0.2) is 9.59 Å². The monoisotopic (exact) mass is 337 g/mol. The minimum Gasteiger partial charge on any atom is -0.467 e. The maximum atomic E-state index is 12.1. The molecule has 1 heterocycles. The van der Waals surface area contributed by atoms with Crippen LogP contribution in [0.25, 0.3) is 6.08 Å². The van der Waals surface area contributed by atoms with Gasteiger partial charge in [-0.05, 0) is 19.4 Å². The van der Waals surface area contributed by atoms with Crippen LogP contribution in [-0.4, -0.2) is 33.7 Å². The summed E-state index contributed by atoms with van der Waals surface area (Å²) >= 11 is 0. The summed E-state index contributed by atoms with van der Waals surface area (Å²) in [7, 11) is 4.12. The molecule has 0 unspecified atom stereocenters. The Hall–Kier alpha value is -2.64. The SMILES string of the molecule is CCC[C@](C)(NC(=O)/C=C/c1cn(C)c(=O)n(C)c1=O)C(=O)OC. The van der Waals surface area contributed by atoms with Gasteiger partial charge in [-0.15, -0.1) is 0 Å². The predicted molar refractivity (Wildman–Crippen MR) is 89.4 cm³/mol. The normalized spacial score (nSPS) is 13.5. The quantitative estimate of drug-likeness (QED) is 0.579. The highest BCUT2D eigenvalue weighted by atomic mass is 16.5. The minimum absolute atomic E-state index is 0.185. The first kappa shape index (κ1) is 19.4. The number of carbonyl (C=O) groups is 2. The number of hydrogen-bond acceptors (Lipinski definition) is 5. The van der Waals surface area contributed by atoms with Gasteiger partial charge in [0.25, 0.3) is 5.56 Å². The van der Waals surface area contributed by atoms with Crippen LogP contribution in [0.2, 0.25) is 0 Å². The van der Waals surface area contributed by atoms with Crippen molar-refractivity contribution in [1.82, 2.24) is 14.5 Å². The molecule has 24 heavy (non-hydrogen) atoms. The van der Waals surface area contributed by atoms with E-state index < -0.39 is 28.7 Å². The maximum absolute atomic E-state index is 12.1. The number of aromatic nitrogens is 2. The van der Waals surface area contributed by atoms with Gasteiger partial charge in [0.2, 0.25) is 5.91 Å². The standard InChI is InChI=1S/C16H23N3O5/c1-6-9-16(2,14(22)24-5)17-12(20)8-7-11-10-18(3)15(23)19(4)13(11)21/h7-8,10H,6,9H2,1-5H3,(H,17,20)/b8-7+/t16-/m0/s1. The van der Waals surface area contributed by atoms with Gasteiger partial charge in [-0.1, -0.05) is 13.3 Å². The molecule has 1 atom stereocenters. The lowest BCUT2D eigenvalue weighted by Gasteiger charge is -2.26. The average molecular weight is 337 g/mol. The molecule has 1 rings (SSSR count). The fourth-order valence-corrected chi connectivity index (χ4v) is 2.37. The van der Waals surface area contributed by atoms with E-state index in [9.17, 15) is 19.2 Å². The molecular formula is C16H23N3O5. The summed E-state index contributed by atoms with van der Waals surface area (Å²) in [6.07, 6.45) is 4.90. The van der Waals surface area contributed by atoms with Crippen LogP contribution in [0.15, 0.2) is 21.9 Å². The van der Waals surface area contributed by atoms with Crippen molar-refractivity contribution in [3.63, 3.8) is 0 Å². The fraction of sp³-hybridized carbons (Fsp3) is 0.500. The van der Waals surface area contributed by atoms with Gasteiger partial charge in [0, 0.05) is 26.4 Å². The molecule has 0 aliphatic carbocycles. The number of amides is 1. The molecule has 8 nitrogen and oxygen atoms in total. The van der Waals surface area contributed by atoms with Gasteiger partial charge in [0.15, 0.2) is 0 Å². The van der Waals surface area contributed by atoms with E-state index in [2.05, 4.69) is 5.32 Å². The van der Waals surface area contributed by atoms with Gasteiger partial charge in [0.05, 0.1) is 12.7 Å². The molecule has 132 valence electrons. The van der Waals surface area contributed by atoms with Crippen molar-refractivity contribution in [2.24, 2.45) is 14.1 Å². The van der Waals surface area contributed by atoms with Crippen LogP contribution in [0.4, 0.5) is 0 Å². The van der Waals surface area contributed by atoms with Crippen molar-refractivity contribution in [2.75, 3.05) is 7.11 Å². The summed E-state index contributed by atoms with van der Waals surface area (Å²) in [5, 5.41) is 2.60. The molecule has 8 heteroatoms. The summed E-state index contributed by atoms with van der Waals surface area (Å²) in [6.45, 7) is 3.47. The van der Waals surface area contributed by atoms with Crippen molar-refractivity contribution >= 4 is 18.0 Å². The molecule has 1 aromatic heterocycles. The number of aryl methyl sites for hydroxylation is 1.